The second kappa shape index (κ2) is 30.3. The van der Waals surface area contributed by atoms with Gasteiger partial charge in [0.05, 0.1) is 31.3 Å². The molecule has 4 N–H and O–H groups in total. The molecule has 3 unspecified atom stereocenters. The molecule has 1 amide bonds. The van der Waals surface area contributed by atoms with Crippen LogP contribution in [0.3, 0.4) is 0 Å². The minimum atomic E-state index is -0.740. The summed E-state index contributed by atoms with van der Waals surface area (Å²) in [7, 11) is 0. The number of aliphatic hydroxyl groups is 3. The first kappa shape index (κ1) is 38.4. The van der Waals surface area contributed by atoms with Gasteiger partial charge in [0.25, 0.3) is 0 Å². The molecule has 39 heavy (non-hydrogen) atoms. The third-order valence-electron chi connectivity index (χ3n) is 8.17. The maximum absolute atomic E-state index is 12.3. The predicted molar refractivity (Wildman–Crippen MR) is 167 cm³/mol. The van der Waals surface area contributed by atoms with E-state index < -0.39 is 18.2 Å². The minimum Gasteiger partial charge on any atom is -0.394 e. The Hall–Kier alpha value is -0.650. The lowest BCUT2D eigenvalue weighted by molar-refractivity contribution is -0.125. The first-order chi connectivity index (χ1) is 19.0. The summed E-state index contributed by atoms with van der Waals surface area (Å²) < 4.78 is 0. The summed E-state index contributed by atoms with van der Waals surface area (Å²) in [6.07, 6.45) is 30.4. The van der Waals surface area contributed by atoms with Gasteiger partial charge in [0.1, 0.15) is 0 Å². The number of amides is 1. The van der Waals surface area contributed by atoms with Crippen LogP contribution in [0.5, 0.6) is 0 Å². The van der Waals surface area contributed by atoms with Crippen LogP contribution in [0.15, 0.2) is 0 Å². The van der Waals surface area contributed by atoms with E-state index in [2.05, 4.69) is 19.2 Å². The fourth-order valence-electron chi connectivity index (χ4n) is 5.46. The van der Waals surface area contributed by atoms with Crippen LogP contribution in [0, 0.1) is 0 Å². The van der Waals surface area contributed by atoms with Gasteiger partial charge in [-0.05, 0) is 12.8 Å². The van der Waals surface area contributed by atoms with Crippen molar-refractivity contribution in [3.63, 3.8) is 0 Å². The number of aliphatic hydroxyl groups excluding tert-OH is 3. The topological polar surface area (TPSA) is 89.8 Å². The normalized spacial score (nSPS) is 13.9. The summed E-state index contributed by atoms with van der Waals surface area (Å²) in [6.45, 7) is 4.24. The van der Waals surface area contributed by atoms with E-state index in [0.29, 0.717) is 12.8 Å². The smallest absolute Gasteiger partial charge is 0.222 e. The van der Waals surface area contributed by atoms with E-state index in [9.17, 15) is 20.1 Å². The van der Waals surface area contributed by atoms with Gasteiger partial charge in [0.2, 0.25) is 5.91 Å². The van der Waals surface area contributed by atoms with Crippen LogP contribution in [-0.4, -0.2) is 46.1 Å². The van der Waals surface area contributed by atoms with Gasteiger partial charge < -0.3 is 20.6 Å². The average Bonchev–Trinajstić information content (AvgIpc) is 2.92. The zero-order valence-electron chi connectivity index (χ0n) is 26.3. The van der Waals surface area contributed by atoms with Crippen molar-refractivity contribution in [2.24, 2.45) is 0 Å². The highest BCUT2D eigenvalue weighted by molar-refractivity contribution is 5.76. The highest BCUT2D eigenvalue weighted by atomic mass is 16.3. The Balaban J connectivity index is 3.68. The Labute approximate surface area is 243 Å². The van der Waals surface area contributed by atoms with Crippen molar-refractivity contribution in [3.05, 3.63) is 0 Å². The summed E-state index contributed by atoms with van der Waals surface area (Å²) in [5.41, 5.74) is 0. The SMILES string of the molecule is CCCCCCCCCCCCCCC(O)CC(=O)NC(CO)C(O)CCCCCCCCCCCCCC. The van der Waals surface area contributed by atoms with Crippen molar-refractivity contribution in [2.45, 2.75) is 205 Å². The molecule has 0 saturated carbocycles. The fourth-order valence-corrected chi connectivity index (χ4v) is 5.46. The van der Waals surface area contributed by atoms with E-state index in [1.807, 2.05) is 0 Å². The lowest BCUT2D eigenvalue weighted by Crippen LogP contribution is -2.46. The molecule has 0 aromatic carbocycles. The van der Waals surface area contributed by atoms with E-state index in [4.69, 9.17) is 0 Å². The Morgan fingerprint density at radius 3 is 1.23 bits per heavy atom. The van der Waals surface area contributed by atoms with E-state index in [0.717, 1.165) is 25.7 Å². The van der Waals surface area contributed by atoms with Gasteiger partial charge in [-0.15, -0.1) is 0 Å². The largest absolute Gasteiger partial charge is 0.394 e. The van der Waals surface area contributed by atoms with Gasteiger partial charge in [0.15, 0.2) is 0 Å². The number of hydrogen-bond acceptors (Lipinski definition) is 4. The molecule has 5 heteroatoms. The number of carbonyl (C=O) groups excluding carboxylic acids is 1. The van der Waals surface area contributed by atoms with Gasteiger partial charge in [-0.1, -0.05) is 168 Å². The quantitative estimate of drug-likeness (QED) is 0.0644. The zero-order chi connectivity index (χ0) is 28.8. The third kappa shape index (κ3) is 27.3. The van der Waals surface area contributed by atoms with Crippen LogP contribution >= 0.6 is 0 Å². The molecule has 0 aliphatic carbocycles. The maximum atomic E-state index is 12.3. The summed E-state index contributed by atoms with van der Waals surface area (Å²) >= 11 is 0. The molecule has 0 aromatic heterocycles. The molecule has 0 spiro atoms. The predicted octanol–water partition coefficient (Wildman–Crippen LogP) is 8.76. The molecule has 0 saturated heterocycles. The van der Waals surface area contributed by atoms with Crippen molar-refractivity contribution >= 4 is 5.91 Å². The van der Waals surface area contributed by atoms with Crippen LogP contribution in [0.4, 0.5) is 0 Å². The summed E-state index contributed by atoms with van der Waals surface area (Å²) in [4.78, 5) is 12.3. The van der Waals surface area contributed by atoms with Crippen molar-refractivity contribution in [3.8, 4) is 0 Å². The van der Waals surface area contributed by atoms with Crippen LogP contribution in [0.2, 0.25) is 0 Å². The van der Waals surface area contributed by atoms with E-state index in [1.165, 1.54) is 128 Å². The van der Waals surface area contributed by atoms with Crippen LogP contribution in [0.25, 0.3) is 0 Å². The second-order valence-corrected chi connectivity index (χ2v) is 12.1. The molecule has 0 heterocycles. The molecule has 0 rings (SSSR count). The van der Waals surface area contributed by atoms with Crippen molar-refractivity contribution in [1.82, 2.24) is 5.32 Å². The number of rotatable bonds is 31. The number of nitrogens with one attached hydrogen (secondary N) is 1. The Bertz CT molecular complexity index is 502. The molecule has 0 aliphatic heterocycles. The zero-order valence-corrected chi connectivity index (χ0v) is 26.3. The highest BCUT2D eigenvalue weighted by Crippen LogP contribution is 2.15. The third-order valence-corrected chi connectivity index (χ3v) is 8.17. The van der Waals surface area contributed by atoms with Crippen molar-refractivity contribution in [1.29, 1.82) is 0 Å². The summed E-state index contributed by atoms with van der Waals surface area (Å²) in [5, 5.41) is 33.1. The van der Waals surface area contributed by atoms with E-state index in [-0.39, 0.29) is 18.9 Å². The van der Waals surface area contributed by atoms with Gasteiger partial charge in [-0.2, -0.15) is 0 Å². The van der Waals surface area contributed by atoms with Gasteiger partial charge in [-0.25, -0.2) is 0 Å². The van der Waals surface area contributed by atoms with Crippen molar-refractivity contribution in [2.75, 3.05) is 6.61 Å². The standard InChI is InChI=1S/C34H69NO4/c1-3-5-7-9-11-13-15-17-19-21-23-25-27-31(37)29-34(39)35-32(30-36)33(38)28-26-24-22-20-18-16-14-12-10-8-6-4-2/h31-33,36-38H,3-30H2,1-2H3,(H,35,39). The first-order valence-corrected chi connectivity index (χ1v) is 17.3. The summed E-state index contributed by atoms with van der Waals surface area (Å²) in [6, 6.07) is -0.649. The van der Waals surface area contributed by atoms with Crippen LogP contribution in [-0.2, 0) is 4.79 Å². The van der Waals surface area contributed by atoms with Gasteiger partial charge in [-0.3, -0.25) is 4.79 Å². The van der Waals surface area contributed by atoms with Gasteiger partial charge >= 0.3 is 0 Å². The fraction of sp³-hybridized carbons (Fsp3) is 0.971. The number of hydrogen-bond donors (Lipinski definition) is 4. The molecular formula is C34H69NO4. The lowest BCUT2D eigenvalue weighted by atomic mass is 10.0. The van der Waals surface area contributed by atoms with E-state index in [1.54, 1.807) is 0 Å². The maximum Gasteiger partial charge on any atom is 0.222 e. The molecule has 0 aliphatic rings. The Morgan fingerprint density at radius 1 is 0.538 bits per heavy atom. The first-order valence-electron chi connectivity index (χ1n) is 17.3. The molecule has 3 atom stereocenters. The molecular weight excluding hydrogens is 486 g/mol. The van der Waals surface area contributed by atoms with Crippen LogP contribution in [0.1, 0.15) is 187 Å². The monoisotopic (exact) mass is 556 g/mol. The Kier molecular flexibility index (Phi) is 29.8. The van der Waals surface area contributed by atoms with E-state index >= 15 is 0 Å². The van der Waals surface area contributed by atoms with Crippen molar-refractivity contribution < 1.29 is 20.1 Å². The highest BCUT2D eigenvalue weighted by Gasteiger charge is 2.21. The van der Waals surface area contributed by atoms with Crippen LogP contribution < -0.4 is 5.32 Å². The molecule has 0 fully saturated rings. The summed E-state index contributed by atoms with van der Waals surface area (Å²) in [5.74, 6) is -0.283. The minimum absolute atomic E-state index is 0.0415. The van der Waals surface area contributed by atoms with Gasteiger partial charge in [0, 0.05) is 0 Å². The molecule has 0 aromatic rings. The second-order valence-electron chi connectivity index (χ2n) is 12.1. The lowest BCUT2D eigenvalue weighted by Gasteiger charge is -2.23. The number of carbonyl (C=O) groups is 1. The molecule has 234 valence electrons. The molecule has 5 nitrogen and oxygen atoms in total. The molecule has 0 bridgehead atoms. The number of unbranched alkanes of at least 4 members (excludes halogenated alkanes) is 22. The molecule has 0 radical (unpaired) electrons. The average molecular weight is 556 g/mol. The Morgan fingerprint density at radius 2 is 0.872 bits per heavy atom.